The molecular weight excluding hydrogens is 406 g/mol. The number of piperidine rings is 1. The Morgan fingerprint density at radius 1 is 1.22 bits per heavy atom. The van der Waals surface area contributed by atoms with E-state index < -0.39 is 12.8 Å². The number of hydrogen-bond donors (Lipinski definition) is 1. The molecule has 27 heavy (non-hydrogen) atoms. The van der Waals surface area contributed by atoms with E-state index >= 15 is 0 Å². The number of carbonyl (C=O) groups excluding carboxylic acids is 1. The van der Waals surface area contributed by atoms with Crippen molar-refractivity contribution >= 4 is 30.7 Å². The van der Waals surface area contributed by atoms with Crippen LogP contribution in [0.15, 0.2) is 18.3 Å². The molecule has 1 aliphatic carbocycles. The molecule has 0 bridgehead atoms. The van der Waals surface area contributed by atoms with Gasteiger partial charge in [-0.25, -0.2) is 4.98 Å². The zero-order chi connectivity index (χ0) is 17.9. The molecule has 0 radical (unpaired) electrons. The number of aromatic nitrogens is 1. The molecule has 5 nitrogen and oxygen atoms in total. The van der Waals surface area contributed by atoms with Crippen LogP contribution in [0.5, 0.6) is 5.88 Å². The maximum Gasteiger partial charge on any atom is 0.422 e. The second-order valence-corrected chi connectivity index (χ2v) is 6.68. The van der Waals surface area contributed by atoms with Crippen molar-refractivity contribution in [1.82, 2.24) is 15.2 Å². The van der Waals surface area contributed by atoms with Crippen LogP contribution < -0.4 is 10.1 Å². The third-order valence-corrected chi connectivity index (χ3v) is 4.55. The number of rotatable bonds is 6. The topological polar surface area (TPSA) is 54.5 Å². The van der Waals surface area contributed by atoms with Gasteiger partial charge in [-0.2, -0.15) is 13.2 Å². The number of pyridine rings is 1. The van der Waals surface area contributed by atoms with E-state index in [4.69, 9.17) is 4.74 Å². The van der Waals surface area contributed by atoms with E-state index in [1.165, 1.54) is 31.2 Å². The van der Waals surface area contributed by atoms with Crippen LogP contribution in [0.3, 0.4) is 0 Å². The summed E-state index contributed by atoms with van der Waals surface area (Å²) in [5.41, 5.74) is 0.0798. The first-order valence-electron chi connectivity index (χ1n) is 8.59. The molecule has 2 fully saturated rings. The van der Waals surface area contributed by atoms with E-state index in [1.807, 2.05) is 0 Å². The Hall–Kier alpha value is -1.25. The minimum absolute atomic E-state index is 0. The van der Waals surface area contributed by atoms with Crippen LogP contribution in [0.1, 0.15) is 36.0 Å². The average Bonchev–Trinajstić information content (AvgIpc) is 3.42. The van der Waals surface area contributed by atoms with Gasteiger partial charge < -0.3 is 15.0 Å². The summed E-state index contributed by atoms with van der Waals surface area (Å²) in [6.45, 7) is 0.734. The fourth-order valence-corrected chi connectivity index (χ4v) is 2.93. The highest BCUT2D eigenvalue weighted by Gasteiger charge is 2.31. The summed E-state index contributed by atoms with van der Waals surface area (Å²) >= 11 is 0. The fraction of sp³-hybridized carbons (Fsp3) is 0.647. The summed E-state index contributed by atoms with van der Waals surface area (Å²) in [5, 5.41) is 3.53. The van der Waals surface area contributed by atoms with Gasteiger partial charge in [0.15, 0.2) is 6.61 Å². The Morgan fingerprint density at radius 3 is 2.48 bits per heavy atom. The standard InChI is InChI=1S/C17H22F3N3O2.2ClH/c18-17(19,20)11-25-15-14(2-1-7-21-15)16(24)23-8-5-13(6-9-23)22-10-12-3-4-12;;/h1-2,7,12-13,22H,3-6,8-11H2;2*1H. The maximum atomic E-state index is 12.6. The molecule has 1 N–H and O–H groups in total. The average molecular weight is 430 g/mol. The van der Waals surface area contributed by atoms with Crippen LogP contribution in [-0.2, 0) is 0 Å². The molecule has 1 amide bonds. The number of nitrogens with zero attached hydrogens (tertiary/aromatic N) is 2. The van der Waals surface area contributed by atoms with Gasteiger partial charge >= 0.3 is 6.18 Å². The van der Waals surface area contributed by atoms with Gasteiger partial charge in [-0.1, -0.05) is 0 Å². The van der Waals surface area contributed by atoms with Crippen LogP contribution in [-0.4, -0.2) is 54.3 Å². The molecule has 1 aromatic heterocycles. The Balaban J connectivity index is 0.00000182. The summed E-state index contributed by atoms with van der Waals surface area (Å²) in [7, 11) is 0. The normalized spacial score (nSPS) is 17.7. The van der Waals surface area contributed by atoms with Crippen molar-refractivity contribution in [2.24, 2.45) is 5.92 Å². The van der Waals surface area contributed by atoms with Crippen LogP contribution in [0.25, 0.3) is 0 Å². The van der Waals surface area contributed by atoms with Crippen molar-refractivity contribution in [2.75, 3.05) is 26.2 Å². The number of halogens is 5. The minimum Gasteiger partial charge on any atom is -0.467 e. The summed E-state index contributed by atoms with van der Waals surface area (Å²) < 4.78 is 41.8. The molecule has 0 atom stereocenters. The molecule has 0 aromatic carbocycles. The van der Waals surface area contributed by atoms with E-state index in [9.17, 15) is 18.0 Å². The number of ether oxygens (including phenoxy) is 1. The van der Waals surface area contributed by atoms with Gasteiger partial charge in [-0.15, -0.1) is 24.8 Å². The Bertz CT molecular complexity index is 607. The first-order valence-corrected chi connectivity index (χ1v) is 8.59. The number of carbonyl (C=O) groups is 1. The van der Waals surface area contributed by atoms with E-state index in [1.54, 1.807) is 4.90 Å². The largest absolute Gasteiger partial charge is 0.467 e. The van der Waals surface area contributed by atoms with E-state index in [0.29, 0.717) is 19.1 Å². The lowest BCUT2D eigenvalue weighted by Gasteiger charge is -2.32. The lowest BCUT2D eigenvalue weighted by atomic mass is 10.0. The van der Waals surface area contributed by atoms with Crippen molar-refractivity contribution in [1.29, 1.82) is 0 Å². The molecule has 10 heteroatoms. The highest BCUT2D eigenvalue weighted by molar-refractivity contribution is 5.96. The summed E-state index contributed by atoms with van der Waals surface area (Å²) in [4.78, 5) is 18.1. The maximum absolute atomic E-state index is 12.6. The minimum atomic E-state index is -4.47. The number of amides is 1. The van der Waals surface area contributed by atoms with E-state index in [2.05, 4.69) is 10.3 Å². The van der Waals surface area contributed by atoms with Crippen LogP contribution in [0.4, 0.5) is 13.2 Å². The van der Waals surface area contributed by atoms with Crippen molar-refractivity contribution in [3.8, 4) is 5.88 Å². The van der Waals surface area contributed by atoms with Gasteiger partial charge in [0.25, 0.3) is 5.91 Å². The van der Waals surface area contributed by atoms with Gasteiger partial charge in [0.1, 0.15) is 5.56 Å². The molecule has 1 aromatic rings. The third-order valence-electron chi connectivity index (χ3n) is 4.55. The molecular formula is C17H24Cl2F3N3O2. The molecule has 1 saturated heterocycles. The van der Waals surface area contributed by atoms with Gasteiger partial charge in [-0.05, 0) is 50.3 Å². The predicted octanol–water partition coefficient (Wildman–Crippen LogP) is 3.47. The van der Waals surface area contributed by atoms with Gasteiger partial charge in [-0.3, -0.25) is 4.79 Å². The molecule has 3 rings (SSSR count). The smallest absolute Gasteiger partial charge is 0.422 e. The zero-order valence-corrected chi connectivity index (χ0v) is 16.3. The number of likely N-dealkylation sites (tertiary alicyclic amines) is 1. The fourth-order valence-electron chi connectivity index (χ4n) is 2.93. The number of nitrogens with one attached hydrogen (secondary N) is 1. The quantitative estimate of drug-likeness (QED) is 0.751. The van der Waals surface area contributed by atoms with Gasteiger partial charge in [0.2, 0.25) is 5.88 Å². The SMILES string of the molecule is Cl.Cl.O=C(c1cccnc1OCC(F)(F)F)N1CCC(NCC2CC2)CC1. The second-order valence-electron chi connectivity index (χ2n) is 6.68. The van der Waals surface area contributed by atoms with Crippen LogP contribution in [0, 0.1) is 5.92 Å². The van der Waals surface area contributed by atoms with E-state index in [-0.39, 0.29) is 42.2 Å². The molecule has 2 aliphatic rings. The molecule has 0 unspecified atom stereocenters. The first kappa shape index (κ1) is 23.8. The number of hydrogen-bond acceptors (Lipinski definition) is 4. The van der Waals surface area contributed by atoms with Crippen molar-refractivity contribution < 1.29 is 22.7 Å². The molecule has 2 heterocycles. The Morgan fingerprint density at radius 2 is 1.89 bits per heavy atom. The van der Waals surface area contributed by atoms with Gasteiger partial charge in [0, 0.05) is 25.3 Å². The van der Waals surface area contributed by atoms with Crippen molar-refractivity contribution in [3.05, 3.63) is 23.9 Å². The third kappa shape index (κ3) is 7.35. The summed E-state index contributed by atoms with van der Waals surface area (Å²) in [6, 6.07) is 3.38. The highest BCUT2D eigenvalue weighted by atomic mass is 35.5. The predicted molar refractivity (Wildman–Crippen MR) is 99.9 cm³/mol. The highest BCUT2D eigenvalue weighted by Crippen LogP contribution is 2.28. The van der Waals surface area contributed by atoms with Crippen molar-refractivity contribution in [2.45, 2.75) is 37.9 Å². The first-order chi connectivity index (χ1) is 11.9. The molecule has 154 valence electrons. The summed E-state index contributed by atoms with van der Waals surface area (Å²) in [6.07, 6.45) is 1.13. The zero-order valence-electron chi connectivity index (χ0n) is 14.7. The number of alkyl halides is 3. The monoisotopic (exact) mass is 429 g/mol. The van der Waals surface area contributed by atoms with Gasteiger partial charge in [0.05, 0.1) is 0 Å². The molecule has 0 spiro atoms. The lowest BCUT2D eigenvalue weighted by molar-refractivity contribution is -0.154. The van der Waals surface area contributed by atoms with Crippen LogP contribution >= 0.6 is 24.8 Å². The van der Waals surface area contributed by atoms with E-state index in [0.717, 1.165) is 25.3 Å². The van der Waals surface area contributed by atoms with Crippen molar-refractivity contribution in [3.63, 3.8) is 0 Å². The summed E-state index contributed by atoms with van der Waals surface area (Å²) in [5.74, 6) is 0.216. The molecule has 1 aliphatic heterocycles. The Labute approximate surface area is 168 Å². The van der Waals surface area contributed by atoms with Crippen LogP contribution in [0.2, 0.25) is 0 Å². The Kier molecular flexibility index (Phi) is 9.11. The second kappa shape index (κ2) is 10.3. The molecule has 1 saturated carbocycles. The lowest BCUT2D eigenvalue weighted by Crippen LogP contribution is -2.45.